The molecule has 6 heteroatoms. The summed E-state index contributed by atoms with van der Waals surface area (Å²) in [6.45, 7) is -0.273. The molecule has 98 valence electrons. The Bertz CT molecular complexity index is 408. The van der Waals surface area contributed by atoms with Crippen LogP contribution in [0.1, 0.15) is 5.56 Å². The molecule has 3 N–H and O–H groups in total. The Kier molecular flexibility index (Phi) is 5.13. The van der Waals surface area contributed by atoms with E-state index in [2.05, 4.69) is 5.32 Å². The molecule has 0 saturated carbocycles. The number of amides is 2. The lowest BCUT2D eigenvalue weighted by Gasteiger charge is -2.20. The number of hydrogen-bond donors (Lipinski definition) is 3. The number of carboxylic acids is 1. The molecule has 0 aromatic heterocycles. The molecule has 0 spiro atoms. The minimum atomic E-state index is -1.28. The summed E-state index contributed by atoms with van der Waals surface area (Å²) >= 11 is 0. The van der Waals surface area contributed by atoms with E-state index in [1.54, 1.807) is 7.05 Å². The van der Waals surface area contributed by atoms with Crippen LogP contribution in [0.25, 0.3) is 0 Å². The summed E-state index contributed by atoms with van der Waals surface area (Å²) in [5.74, 6) is -1.26. The van der Waals surface area contributed by atoms with Gasteiger partial charge in [0.05, 0.1) is 6.61 Å². The molecular formula is C12H16N2O4. The van der Waals surface area contributed by atoms with Crippen LogP contribution in [0.2, 0.25) is 0 Å². The summed E-state index contributed by atoms with van der Waals surface area (Å²) in [6, 6.07) is 7.49. The maximum absolute atomic E-state index is 11.7. The van der Waals surface area contributed by atoms with Crippen molar-refractivity contribution in [3.63, 3.8) is 0 Å². The van der Waals surface area contributed by atoms with Crippen molar-refractivity contribution in [3.8, 4) is 0 Å². The summed E-state index contributed by atoms with van der Waals surface area (Å²) in [6.07, 6.45) is 0. The number of urea groups is 1. The average molecular weight is 252 g/mol. The zero-order valence-corrected chi connectivity index (χ0v) is 10.0. The molecule has 0 aliphatic rings. The van der Waals surface area contributed by atoms with Crippen molar-refractivity contribution < 1.29 is 19.8 Å². The average Bonchev–Trinajstić information content (AvgIpc) is 2.36. The Balaban J connectivity index is 2.54. The number of aliphatic carboxylic acids is 1. The maximum Gasteiger partial charge on any atom is 0.328 e. The Labute approximate surface area is 105 Å². The number of rotatable bonds is 5. The van der Waals surface area contributed by atoms with Crippen molar-refractivity contribution in [1.29, 1.82) is 0 Å². The number of nitrogens with one attached hydrogen (secondary N) is 1. The van der Waals surface area contributed by atoms with Crippen LogP contribution in [-0.4, -0.2) is 46.8 Å². The Morgan fingerprint density at radius 3 is 2.44 bits per heavy atom. The molecule has 1 atom stereocenters. The molecule has 1 aromatic rings. The quantitative estimate of drug-likeness (QED) is 0.701. The SMILES string of the molecule is CN(Cc1ccccc1)C(=O)N[C@@H](CO)C(=O)O. The van der Waals surface area contributed by atoms with Crippen LogP contribution in [-0.2, 0) is 11.3 Å². The Hall–Kier alpha value is -2.08. The van der Waals surface area contributed by atoms with Crippen molar-refractivity contribution in [1.82, 2.24) is 10.2 Å². The fraction of sp³-hybridized carbons (Fsp3) is 0.333. The van der Waals surface area contributed by atoms with Crippen LogP contribution in [0.15, 0.2) is 30.3 Å². The minimum absolute atomic E-state index is 0.366. The van der Waals surface area contributed by atoms with Crippen molar-refractivity contribution in [3.05, 3.63) is 35.9 Å². The number of nitrogens with zero attached hydrogens (tertiary/aromatic N) is 1. The highest BCUT2D eigenvalue weighted by Crippen LogP contribution is 2.02. The van der Waals surface area contributed by atoms with Crippen molar-refractivity contribution in [2.24, 2.45) is 0 Å². The molecule has 0 heterocycles. The molecule has 0 saturated heterocycles. The number of carbonyl (C=O) groups is 2. The summed E-state index contributed by atoms with van der Waals surface area (Å²) < 4.78 is 0. The van der Waals surface area contributed by atoms with Gasteiger partial charge < -0.3 is 20.4 Å². The van der Waals surface area contributed by atoms with Crippen LogP contribution in [0.5, 0.6) is 0 Å². The van der Waals surface area contributed by atoms with Gasteiger partial charge in [-0.05, 0) is 5.56 Å². The minimum Gasteiger partial charge on any atom is -0.480 e. The third-order valence-corrected chi connectivity index (χ3v) is 2.39. The van der Waals surface area contributed by atoms with E-state index in [1.807, 2.05) is 30.3 Å². The molecule has 0 aliphatic carbocycles. The third-order valence-electron chi connectivity index (χ3n) is 2.39. The lowest BCUT2D eigenvalue weighted by atomic mass is 10.2. The largest absolute Gasteiger partial charge is 0.480 e. The van der Waals surface area contributed by atoms with Crippen molar-refractivity contribution >= 4 is 12.0 Å². The van der Waals surface area contributed by atoms with E-state index in [-0.39, 0.29) is 0 Å². The van der Waals surface area contributed by atoms with Gasteiger partial charge in [-0.1, -0.05) is 30.3 Å². The number of aliphatic hydroxyl groups excluding tert-OH is 1. The van der Waals surface area contributed by atoms with E-state index in [4.69, 9.17) is 10.2 Å². The number of aliphatic hydroxyl groups is 1. The van der Waals surface area contributed by atoms with Gasteiger partial charge in [-0.25, -0.2) is 9.59 Å². The summed E-state index contributed by atoms with van der Waals surface area (Å²) in [7, 11) is 1.55. The summed E-state index contributed by atoms with van der Waals surface area (Å²) in [5, 5.41) is 19.7. The molecular weight excluding hydrogens is 236 g/mol. The highest BCUT2D eigenvalue weighted by molar-refractivity contribution is 5.82. The predicted octanol–water partition coefficient (Wildman–Crippen LogP) is 0.274. The zero-order valence-electron chi connectivity index (χ0n) is 10.0. The van der Waals surface area contributed by atoms with Crippen molar-refractivity contribution in [2.45, 2.75) is 12.6 Å². The topological polar surface area (TPSA) is 89.9 Å². The van der Waals surface area contributed by atoms with Gasteiger partial charge in [0.15, 0.2) is 6.04 Å². The molecule has 18 heavy (non-hydrogen) atoms. The smallest absolute Gasteiger partial charge is 0.328 e. The number of hydrogen-bond acceptors (Lipinski definition) is 3. The highest BCUT2D eigenvalue weighted by Gasteiger charge is 2.20. The zero-order chi connectivity index (χ0) is 13.5. The van der Waals surface area contributed by atoms with Gasteiger partial charge in [-0.3, -0.25) is 0 Å². The second kappa shape index (κ2) is 6.61. The van der Waals surface area contributed by atoms with Gasteiger partial charge in [0.25, 0.3) is 0 Å². The maximum atomic E-state index is 11.7. The van der Waals surface area contributed by atoms with E-state index >= 15 is 0 Å². The Morgan fingerprint density at radius 1 is 1.33 bits per heavy atom. The monoisotopic (exact) mass is 252 g/mol. The number of benzene rings is 1. The summed E-state index contributed by atoms with van der Waals surface area (Å²) in [5.41, 5.74) is 0.936. The standard InChI is InChI=1S/C12H16N2O4/c1-14(7-9-5-3-2-4-6-9)12(18)13-10(8-15)11(16)17/h2-6,10,15H,7-8H2,1H3,(H,13,18)(H,16,17)/t10-/m0/s1. The normalized spacial score (nSPS) is 11.7. The number of carboxylic acid groups (broad SMARTS) is 1. The second-order valence-electron chi connectivity index (χ2n) is 3.86. The van der Waals surface area contributed by atoms with E-state index in [0.29, 0.717) is 6.54 Å². The van der Waals surface area contributed by atoms with Crippen LogP contribution in [0, 0.1) is 0 Å². The molecule has 0 fully saturated rings. The first-order valence-electron chi connectivity index (χ1n) is 5.43. The second-order valence-corrected chi connectivity index (χ2v) is 3.86. The predicted molar refractivity (Wildman–Crippen MR) is 65.0 cm³/mol. The fourth-order valence-corrected chi connectivity index (χ4v) is 1.37. The Morgan fingerprint density at radius 2 is 1.94 bits per heavy atom. The first-order valence-corrected chi connectivity index (χ1v) is 5.43. The summed E-state index contributed by atoms with van der Waals surface area (Å²) in [4.78, 5) is 23.7. The molecule has 0 aliphatic heterocycles. The van der Waals surface area contributed by atoms with Gasteiger partial charge in [0.1, 0.15) is 0 Å². The van der Waals surface area contributed by atoms with Gasteiger partial charge in [-0.15, -0.1) is 0 Å². The highest BCUT2D eigenvalue weighted by atomic mass is 16.4. The molecule has 1 aromatic carbocycles. The molecule has 0 radical (unpaired) electrons. The lowest BCUT2D eigenvalue weighted by molar-refractivity contribution is -0.140. The molecule has 1 rings (SSSR count). The molecule has 6 nitrogen and oxygen atoms in total. The van der Waals surface area contributed by atoms with Gasteiger partial charge in [0, 0.05) is 13.6 Å². The first kappa shape index (κ1) is 14.0. The van der Waals surface area contributed by atoms with E-state index < -0.39 is 24.6 Å². The van der Waals surface area contributed by atoms with E-state index in [0.717, 1.165) is 5.56 Å². The van der Waals surface area contributed by atoms with Gasteiger partial charge >= 0.3 is 12.0 Å². The molecule has 2 amide bonds. The van der Waals surface area contributed by atoms with Gasteiger partial charge in [-0.2, -0.15) is 0 Å². The van der Waals surface area contributed by atoms with Crippen LogP contribution in [0.3, 0.4) is 0 Å². The number of carbonyl (C=O) groups excluding carboxylic acids is 1. The van der Waals surface area contributed by atoms with E-state index in [1.165, 1.54) is 4.90 Å². The van der Waals surface area contributed by atoms with Crippen LogP contribution < -0.4 is 5.32 Å². The molecule has 0 unspecified atom stereocenters. The van der Waals surface area contributed by atoms with Crippen LogP contribution in [0.4, 0.5) is 4.79 Å². The van der Waals surface area contributed by atoms with Gasteiger partial charge in [0.2, 0.25) is 0 Å². The van der Waals surface area contributed by atoms with E-state index in [9.17, 15) is 9.59 Å². The lowest BCUT2D eigenvalue weighted by Crippen LogP contribution is -2.48. The fourth-order valence-electron chi connectivity index (χ4n) is 1.37. The molecule has 0 bridgehead atoms. The first-order chi connectivity index (χ1) is 8.54. The third kappa shape index (κ3) is 4.06. The van der Waals surface area contributed by atoms with Crippen molar-refractivity contribution in [2.75, 3.05) is 13.7 Å². The van der Waals surface area contributed by atoms with Crippen LogP contribution >= 0.6 is 0 Å².